The van der Waals surface area contributed by atoms with E-state index in [2.05, 4.69) is 5.32 Å². The minimum Gasteiger partial charge on any atom is -0.454 e. The smallest absolute Gasteiger partial charge is 0.416 e. The van der Waals surface area contributed by atoms with Gasteiger partial charge < -0.3 is 19.7 Å². The molecule has 1 saturated heterocycles. The predicted molar refractivity (Wildman–Crippen MR) is 102 cm³/mol. The number of hydrogen-bond donors (Lipinski definition) is 1. The SMILES string of the molecule is O=C(c1ccc(C(F)(F)F)cc1)C1CCCN(C(=O)Nc2ccc3c(c2)OCO3)C1. The van der Waals surface area contributed by atoms with Crippen LogP contribution in [0.4, 0.5) is 23.7 Å². The van der Waals surface area contributed by atoms with Gasteiger partial charge in [0.15, 0.2) is 17.3 Å². The van der Waals surface area contributed by atoms with E-state index in [0.717, 1.165) is 12.1 Å². The van der Waals surface area contributed by atoms with Crippen molar-refractivity contribution >= 4 is 17.5 Å². The number of fused-ring (bicyclic) bond motifs is 1. The third kappa shape index (κ3) is 4.19. The maximum absolute atomic E-state index is 12.7. The molecule has 2 amide bonds. The second kappa shape index (κ2) is 7.89. The number of alkyl halides is 3. The number of nitrogens with zero attached hydrogens (tertiary/aromatic N) is 1. The van der Waals surface area contributed by atoms with Crippen molar-refractivity contribution in [2.24, 2.45) is 5.92 Å². The average Bonchev–Trinajstić information content (AvgIpc) is 3.20. The summed E-state index contributed by atoms with van der Waals surface area (Å²) in [6, 6.07) is 8.90. The molecule has 2 aromatic carbocycles. The first kappa shape index (κ1) is 20.1. The number of benzene rings is 2. The van der Waals surface area contributed by atoms with Crippen LogP contribution in [0.5, 0.6) is 11.5 Å². The van der Waals surface area contributed by atoms with Crippen LogP contribution in [0.2, 0.25) is 0 Å². The van der Waals surface area contributed by atoms with Crippen LogP contribution >= 0.6 is 0 Å². The molecule has 1 unspecified atom stereocenters. The zero-order valence-electron chi connectivity index (χ0n) is 15.9. The Kier molecular flexibility index (Phi) is 5.27. The van der Waals surface area contributed by atoms with Gasteiger partial charge in [-0.15, -0.1) is 0 Å². The molecule has 30 heavy (non-hydrogen) atoms. The molecule has 9 heteroatoms. The summed E-state index contributed by atoms with van der Waals surface area (Å²) in [5.41, 5.74) is -0.0427. The van der Waals surface area contributed by atoms with E-state index < -0.39 is 17.7 Å². The van der Waals surface area contributed by atoms with Crippen LogP contribution in [0.1, 0.15) is 28.8 Å². The number of ether oxygens (including phenoxy) is 2. The van der Waals surface area contributed by atoms with Crippen LogP contribution in [-0.2, 0) is 6.18 Å². The lowest BCUT2D eigenvalue weighted by Gasteiger charge is -2.32. The van der Waals surface area contributed by atoms with Crippen molar-refractivity contribution in [2.45, 2.75) is 19.0 Å². The largest absolute Gasteiger partial charge is 0.454 e. The van der Waals surface area contributed by atoms with Crippen LogP contribution in [0, 0.1) is 5.92 Å². The van der Waals surface area contributed by atoms with Gasteiger partial charge in [0.2, 0.25) is 6.79 Å². The number of carbonyl (C=O) groups is 2. The number of urea groups is 1. The molecule has 0 radical (unpaired) electrons. The van der Waals surface area contributed by atoms with Gasteiger partial charge in [-0.1, -0.05) is 12.1 Å². The van der Waals surface area contributed by atoms with Gasteiger partial charge in [0, 0.05) is 36.3 Å². The molecule has 2 aromatic rings. The number of nitrogens with one attached hydrogen (secondary N) is 1. The zero-order chi connectivity index (χ0) is 21.3. The monoisotopic (exact) mass is 420 g/mol. The van der Waals surface area contributed by atoms with E-state index in [1.807, 2.05) is 0 Å². The Labute approximate surface area is 170 Å². The van der Waals surface area contributed by atoms with Crippen LogP contribution in [-0.4, -0.2) is 36.6 Å². The predicted octanol–water partition coefficient (Wildman–Crippen LogP) is 4.56. The lowest BCUT2D eigenvalue weighted by Crippen LogP contribution is -2.44. The third-order valence-corrected chi connectivity index (χ3v) is 5.20. The molecule has 1 N–H and O–H groups in total. The summed E-state index contributed by atoms with van der Waals surface area (Å²) in [5, 5.41) is 2.78. The van der Waals surface area contributed by atoms with Gasteiger partial charge in [-0.25, -0.2) is 4.79 Å². The van der Waals surface area contributed by atoms with Gasteiger partial charge in [-0.05, 0) is 37.1 Å². The van der Waals surface area contributed by atoms with Crippen molar-refractivity contribution in [1.82, 2.24) is 4.90 Å². The van der Waals surface area contributed by atoms with Crippen molar-refractivity contribution in [1.29, 1.82) is 0 Å². The Morgan fingerprint density at radius 1 is 1.03 bits per heavy atom. The Balaban J connectivity index is 1.40. The Bertz CT molecular complexity index is 960. The second-order valence-electron chi connectivity index (χ2n) is 7.22. The lowest BCUT2D eigenvalue weighted by atomic mass is 9.90. The fraction of sp³-hybridized carbons (Fsp3) is 0.333. The van der Waals surface area contributed by atoms with Crippen molar-refractivity contribution in [3.8, 4) is 11.5 Å². The first-order chi connectivity index (χ1) is 14.3. The topological polar surface area (TPSA) is 67.9 Å². The highest BCUT2D eigenvalue weighted by molar-refractivity contribution is 5.98. The normalized spacial score (nSPS) is 18.2. The summed E-state index contributed by atoms with van der Waals surface area (Å²) in [4.78, 5) is 26.9. The summed E-state index contributed by atoms with van der Waals surface area (Å²) in [6.07, 6.45) is -3.24. The van der Waals surface area contributed by atoms with Gasteiger partial charge in [0.1, 0.15) is 0 Å². The first-order valence-corrected chi connectivity index (χ1v) is 9.48. The minimum absolute atomic E-state index is 0.132. The standard InChI is InChI=1S/C21H19F3N2O4/c22-21(23,24)15-5-3-13(4-6-15)19(27)14-2-1-9-26(11-14)20(28)25-16-7-8-17-18(10-16)30-12-29-17/h3-8,10,14H,1-2,9,11-12H2,(H,25,28). The van der Waals surface area contributed by atoms with Crippen molar-refractivity contribution in [3.63, 3.8) is 0 Å². The number of carbonyl (C=O) groups excluding carboxylic acids is 2. The van der Waals surface area contributed by atoms with E-state index in [-0.39, 0.29) is 30.7 Å². The number of likely N-dealkylation sites (tertiary alicyclic amines) is 1. The maximum Gasteiger partial charge on any atom is 0.416 e. The molecule has 2 aliphatic rings. The van der Waals surface area contributed by atoms with Crippen molar-refractivity contribution in [2.75, 3.05) is 25.2 Å². The van der Waals surface area contributed by atoms with Crippen molar-refractivity contribution < 1.29 is 32.2 Å². The zero-order valence-corrected chi connectivity index (χ0v) is 15.9. The van der Waals surface area contributed by atoms with Crippen LogP contribution in [0.15, 0.2) is 42.5 Å². The molecule has 0 aliphatic carbocycles. The number of hydrogen-bond acceptors (Lipinski definition) is 4. The highest BCUT2D eigenvalue weighted by Gasteiger charge is 2.32. The lowest BCUT2D eigenvalue weighted by molar-refractivity contribution is -0.137. The number of ketones is 1. The number of anilines is 1. The van der Waals surface area contributed by atoms with Gasteiger partial charge >= 0.3 is 12.2 Å². The summed E-state index contributed by atoms with van der Waals surface area (Å²) in [7, 11) is 0. The molecule has 0 saturated carbocycles. The van der Waals surface area contributed by atoms with Crippen molar-refractivity contribution in [3.05, 3.63) is 53.6 Å². The molecular formula is C21H19F3N2O4. The maximum atomic E-state index is 12.7. The fourth-order valence-corrected chi connectivity index (χ4v) is 3.61. The number of Topliss-reactive ketones (excluding diaryl/α,β-unsaturated/α-hetero) is 1. The number of rotatable bonds is 3. The number of piperidine rings is 1. The van der Waals surface area contributed by atoms with Gasteiger partial charge in [-0.3, -0.25) is 4.79 Å². The molecule has 2 heterocycles. The summed E-state index contributed by atoms with van der Waals surface area (Å²) >= 11 is 0. The molecule has 1 atom stereocenters. The third-order valence-electron chi connectivity index (χ3n) is 5.20. The molecule has 4 rings (SSSR count). The first-order valence-electron chi connectivity index (χ1n) is 9.48. The molecule has 1 fully saturated rings. The van der Waals surface area contributed by atoms with E-state index >= 15 is 0 Å². The minimum atomic E-state index is -4.45. The highest BCUT2D eigenvalue weighted by atomic mass is 19.4. The van der Waals surface area contributed by atoms with E-state index in [0.29, 0.717) is 36.6 Å². The summed E-state index contributed by atoms with van der Waals surface area (Å²) < 4.78 is 48.7. The molecule has 2 aliphatic heterocycles. The second-order valence-corrected chi connectivity index (χ2v) is 7.22. The number of amides is 2. The summed E-state index contributed by atoms with van der Waals surface area (Å²) in [6.45, 7) is 0.829. The van der Waals surface area contributed by atoms with Crippen LogP contribution in [0.25, 0.3) is 0 Å². The average molecular weight is 420 g/mol. The van der Waals surface area contributed by atoms with Gasteiger partial charge in [0.25, 0.3) is 0 Å². The van der Waals surface area contributed by atoms with E-state index in [4.69, 9.17) is 9.47 Å². The van der Waals surface area contributed by atoms with Crippen LogP contribution < -0.4 is 14.8 Å². The number of halogens is 3. The molecule has 6 nitrogen and oxygen atoms in total. The highest BCUT2D eigenvalue weighted by Crippen LogP contribution is 2.34. The molecular weight excluding hydrogens is 401 g/mol. The molecule has 0 spiro atoms. The quantitative estimate of drug-likeness (QED) is 0.740. The van der Waals surface area contributed by atoms with E-state index in [1.165, 1.54) is 12.1 Å². The van der Waals surface area contributed by atoms with E-state index in [9.17, 15) is 22.8 Å². The summed E-state index contributed by atoms with van der Waals surface area (Å²) in [5.74, 6) is 0.428. The Morgan fingerprint density at radius 2 is 1.77 bits per heavy atom. The molecule has 0 aromatic heterocycles. The van der Waals surface area contributed by atoms with Gasteiger partial charge in [0.05, 0.1) is 5.56 Å². The van der Waals surface area contributed by atoms with E-state index in [1.54, 1.807) is 23.1 Å². The van der Waals surface area contributed by atoms with Gasteiger partial charge in [-0.2, -0.15) is 13.2 Å². The molecule has 158 valence electrons. The Morgan fingerprint density at radius 3 is 2.50 bits per heavy atom. The fourth-order valence-electron chi connectivity index (χ4n) is 3.61. The Hall–Kier alpha value is -3.23. The van der Waals surface area contributed by atoms with Crippen LogP contribution in [0.3, 0.4) is 0 Å². The molecule has 0 bridgehead atoms.